The van der Waals surface area contributed by atoms with Gasteiger partial charge in [0.2, 0.25) is 5.91 Å². The predicted octanol–water partition coefficient (Wildman–Crippen LogP) is 4.24. The van der Waals surface area contributed by atoms with Crippen molar-refractivity contribution in [1.29, 1.82) is 0 Å². The van der Waals surface area contributed by atoms with E-state index in [4.69, 9.17) is 4.74 Å². The number of nitrogens with zero attached hydrogens (tertiary/aromatic N) is 3. The summed E-state index contributed by atoms with van der Waals surface area (Å²) in [5.74, 6) is 1.13. The summed E-state index contributed by atoms with van der Waals surface area (Å²) in [4.78, 5) is 12.6. The molecule has 8 heteroatoms. The average molecular weight is 429 g/mol. The molecule has 0 spiro atoms. The zero-order valence-corrected chi connectivity index (χ0v) is 18.2. The maximum absolute atomic E-state index is 14.0. The Kier molecular flexibility index (Phi) is 7.10. The molecule has 0 bridgehead atoms. The van der Waals surface area contributed by atoms with Crippen molar-refractivity contribution in [3.05, 3.63) is 59.9 Å². The van der Waals surface area contributed by atoms with Crippen LogP contribution in [0.4, 0.5) is 4.39 Å². The predicted molar refractivity (Wildman–Crippen MR) is 116 cm³/mol. The summed E-state index contributed by atoms with van der Waals surface area (Å²) >= 11 is 1.27. The smallest absolute Gasteiger partial charge is 0.230 e. The SMILES string of the molecule is COc1ccc(C(NC(=O)CSc2nnc(-c3ccccc3F)n2C)C(C)C)cc1. The first-order valence-corrected chi connectivity index (χ1v) is 10.6. The molecule has 3 aromatic rings. The fourth-order valence-electron chi connectivity index (χ4n) is 3.11. The van der Waals surface area contributed by atoms with Crippen LogP contribution >= 0.6 is 11.8 Å². The van der Waals surface area contributed by atoms with Crippen LogP contribution in [0, 0.1) is 11.7 Å². The number of carbonyl (C=O) groups excluding carboxylic acids is 1. The molecule has 1 N–H and O–H groups in total. The standard InChI is InChI=1S/C22H25FN4O2S/c1-14(2)20(15-9-11-16(29-4)12-10-15)24-19(28)13-30-22-26-25-21(27(22)3)17-7-5-6-8-18(17)23/h5-12,14,20H,13H2,1-4H3,(H,24,28). The van der Waals surface area contributed by atoms with Crippen molar-refractivity contribution < 1.29 is 13.9 Å². The Morgan fingerprint density at radius 3 is 2.50 bits per heavy atom. The minimum absolute atomic E-state index is 0.107. The van der Waals surface area contributed by atoms with Crippen LogP contribution in [0.1, 0.15) is 25.5 Å². The number of ether oxygens (including phenoxy) is 1. The number of nitrogens with one attached hydrogen (secondary N) is 1. The van der Waals surface area contributed by atoms with Gasteiger partial charge in [0.25, 0.3) is 0 Å². The second-order valence-corrected chi connectivity index (χ2v) is 8.14. The monoisotopic (exact) mass is 428 g/mol. The lowest BCUT2D eigenvalue weighted by molar-refractivity contribution is -0.119. The molecule has 0 aliphatic rings. The van der Waals surface area contributed by atoms with Crippen molar-refractivity contribution >= 4 is 17.7 Å². The van der Waals surface area contributed by atoms with E-state index in [9.17, 15) is 9.18 Å². The minimum atomic E-state index is -0.360. The van der Waals surface area contributed by atoms with Crippen molar-refractivity contribution in [2.75, 3.05) is 12.9 Å². The van der Waals surface area contributed by atoms with E-state index in [1.165, 1.54) is 17.8 Å². The van der Waals surface area contributed by atoms with Gasteiger partial charge < -0.3 is 14.6 Å². The van der Waals surface area contributed by atoms with Crippen LogP contribution < -0.4 is 10.1 Å². The average Bonchev–Trinajstić information content (AvgIpc) is 3.11. The van der Waals surface area contributed by atoms with Crippen molar-refractivity contribution in [1.82, 2.24) is 20.1 Å². The molecule has 0 saturated carbocycles. The molecular formula is C22H25FN4O2S. The fourth-order valence-corrected chi connectivity index (χ4v) is 3.83. The number of rotatable bonds is 8. The zero-order chi connectivity index (χ0) is 21.7. The first-order chi connectivity index (χ1) is 14.4. The van der Waals surface area contributed by atoms with Crippen LogP contribution in [-0.2, 0) is 11.8 Å². The molecule has 1 unspecified atom stereocenters. The topological polar surface area (TPSA) is 69.0 Å². The highest BCUT2D eigenvalue weighted by Crippen LogP contribution is 2.26. The molecule has 0 fully saturated rings. The lowest BCUT2D eigenvalue weighted by Crippen LogP contribution is -2.33. The Labute approximate surface area is 179 Å². The van der Waals surface area contributed by atoms with E-state index in [1.54, 1.807) is 36.9 Å². The van der Waals surface area contributed by atoms with Gasteiger partial charge in [-0.25, -0.2) is 4.39 Å². The Bertz CT molecular complexity index is 1000. The van der Waals surface area contributed by atoms with E-state index in [-0.39, 0.29) is 29.4 Å². The molecule has 30 heavy (non-hydrogen) atoms. The van der Waals surface area contributed by atoms with Gasteiger partial charge in [-0.15, -0.1) is 10.2 Å². The zero-order valence-electron chi connectivity index (χ0n) is 17.4. The highest BCUT2D eigenvalue weighted by atomic mass is 32.2. The Balaban J connectivity index is 1.65. The third-order valence-corrected chi connectivity index (χ3v) is 5.76. The maximum Gasteiger partial charge on any atom is 0.230 e. The highest BCUT2D eigenvalue weighted by molar-refractivity contribution is 7.99. The molecule has 1 aromatic heterocycles. The number of methoxy groups -OCH3 is 1. The lowest BCUT2D eigenvalue weighted by Gasteiger charge is -2.23. The molecule has 1 heterocycles. The minimum Gasteiger partial charge on any atom is -0.497 e. The second-order valence-electron chi connectivity index (χ2n) is 7.20. The summed E-state index contributed by atoms with van der Waals surface area (Å²) in [5.41, 5.74) is 1.40. The Morgan fingerprint density at radius 1 is 1.17 bits per heavy atom. The van der Waals surface area contributed by atoms with Crippen LogP contribution in [0.3, 0.4) is 0 Å². The summed E-state index contributed by atoms with van der Waals surface area (Å²) in [7, 11) is 3.38. The normalized spacial score (nSPS) is 12.1. The molecule has 0 saturated heterocycles. The van der Waals surface area contributed by atoms with E-state index in [2.05, 4.69) is 29.4 Å². The van der Waals surface area contributed by atoms with Gasteiger partial charge in [-0.05, 0) is 35.7 Å². The van der Waals surface area contributed by atoms with Gasteiger partial charge in [0, 0.05) is 7.05 Å². The van der Waals surface area contributed by atoms with E-state index in [0.717, 1.165) is 11.3 Å². The fraction of sp³-hybridized carbons (Fsp3) is 0.318. The maximum atomic E-state index is 14.0. The van der Waals surface area contributed by atoms with E-state index in [1.807, 2.05) is 24.3 Å². The van der Waals surface area contributed by atoms with E-state index < -0.39 is 0 Å². The second kappa shape index (κ2) is 9.75. The molecule has 0 radical (unpaired) electrons. The molecule has 2 aromatic carbocycles. The molecule has 3 rings (SSSR count). The number of hydrogen-bond donors (Lipinski definition) is 1. The van der Waals surface area contributed by atoms with Gasteiger partial charge >= 0.3 is 0 Å². The molecule has 158 valence electrons. The molecule has 0 aliphatic heterocycles. The van der Waals surface area contributed by atoms with Crippen LogP contribution in [-0.4, -0.2) is 33.5 Å². The summed E-state index contributed by atoms with van der Waals surface area (Å²) < 4.78 is 20.9. The highest BCUT2D eigenvalue weighted by Gasteiger charge is 2.20. The lowest BCUT2D eigenvalue weighted by atomic mass is 9.96. The Morgan fingerprint density at radius 2 is 1.87 bits per heavy atom. The van der Waals surface area contributed by atoms with Gasteiger partial charge in [0.05, 0.1) is 24.5 Å². The number of halogens is 1. The summed E-state index contributed by atoms with van der Waals surface area (Å²) in [6.45, 7) is 4.12. The summed E-state index contributed by atoms with van der Waals surface area (Å²) in [6, 6.07) is 14.0. The number of hydrogen-bond acceptors (Lipinski definition) is 5. The van der Waals surface area contributed by atoms with Crippen LogP contribution in [0.25, 0.3) is 11.4 Å². The molecule has 1 amide bonds. The first-order valence-electron chi connectivity index (χ1n) is 9.61. The van der Waals surface area contributed by atoms with Crippen LogP contribution in [0.15, 0.2) is 53.7 Å². The number of benzene rings is 2. The van der Waals surface area contributed by atoms with E-state index in [0.29, 0.717) is 16.5 Å². The third-order valence-electron chi connectivity index (χ3n) is 4.74. The summed E-state index contributed by atoms with van der Waals surface area (Å²) in [5, 5.41) is 11.8. The molecule has 1 atom stereocenters. The van der Waals surface area contributed by atoms with Gasteiger partial charge in [0.1, 0.15) is 11.6 Å². The molecule has 6 nitrogen and oxygen atoms in total. The van der Waals surface area contributed by atoms with Gasteiger partial charge in [-0.3, -0.25) is 4.79 Å². The van der Waals surface area contributed by atoms with Crippen molar-refractivity contribution in [2.24, 2.45) is 13.0 Å². The number of carbonyl (C=O) groups is 1. The largest absolute Gasteiger partial charge is 0.497 e. The summed E-state index contributed by atoms with van der Waals surface area (Å²) in [6.07, 6.45) is 0. The molecule has 0 aliphatic carbocycles. The van der Waals surface area contributed by atoms with Gasteiger partial charge in [-0.2, -0.15) is 0 Å². The first kappa shape index (κ1) is 21.8. The van der Waals surface area contributed by atoms with Crippen LogP contribution in [0.5, 0.6) is 5.75 Å². The quantitative estimate of drug-likeness (QED) is 0.544. The van der Waals surface area contributed by atoms with E-state index >= 15 is 0 Å². The van der Waals surface area contributed by atoms with Crippen LogP contribution in [0.2, 0.25) is 0 Å². The van der Waals surface area contributed by atoms with Gasteiger partial charge in [0.15, 0.2) is 11.0 Å². The third kappa shape index (κ3) is 4.99. The van der Waals surface area contributed by atoms with Crippen molar-refractivity contribution in [2.45, 2.75) is 25.0 Å². The van der Waals surface area contributed by atoms with Crippen molar-refractivity contribution in [3.63, 3.8) is 0 Å². The Hall–Kier alpha value is -2.87. The number of aromatic nitrogens is 3. The number of thioether (sulfide) groups is 1. The molecular weight excluding hydrogens is 403 g/mol. The van der Waals surface area contributed by atoms with Crippen molar-refractivity contribution in [3.8, 4) is 17.1 Å². The van der Waals surface area contributed by atoms with Gasteiger partial charge in [-0.1, -0.05) is 49.9 Å². The number of amides is 1.